The molecule has 1 aromatic carbocycles. The minimum Gasteiger partial charge on any atom is -0.492 e. The molecule has 5 heteroatoms. The van der Waals surface area contributed by atoms with E-state index in [1.807, 2.05) is 25.1 Å². The van der Waals surface area contributed by atoms with Gasteiger partial charge in [-0.05, 0) is 31.0 Å². The Morgan fingerprint density at radius 2 is 2.24 bits per heavy atom. The second-order valence-corrected chi connectivity index (χ2v) is 4.11. The first-order valence-electron chi connectivity index (χ1n) is 5.46. The number of urea groups is 1. The third-order valence-corrected chi connectivity index (χ3v) is 2.70. The molecule has 1 aromatic rings. The van der Waals surface area contributed by atoms with Crippen LogP contribution in [0.15, 0.2) is 18.2 Å². The van der Waals surface area contributed by atoms with Crippen LogP contribution in [0.2, 0.25) is 5.02 Å². The summed E-state index contributed by atoms with van der Waals surface area (Å²) in [5, 5.41) is 0.589. The molecule has 0 radical (unpaired) electrons. The van der Waals surface area contributed by atoms with E-state index < -0.39 is 6.03 Å². The number of hydrogen-bond donors (Lipinski definition) is 1. The highest BCUT2D eigenvalue weighted by Gasteiger charge is 2.05. The Labute approximate surface area is 106 Å². The maximum atomic E-state index is 10.8. The Morgan fingerprint density at radius 3 is 2.76 bits per heavy atom. The lowest BCUT2D eigenvalue weighted by Gasteiger charge is -2.14. The van der Waals surface area contributed by atoms with Crippen molar-refractivity contribution in [1.82, 2.24) is 4.90 Å². The Kier molecular flexibility index (Phi) is 5.10. The van der Waals surface area contributed by atoms with Crippen LogP contribution >= 0.6 is 11.6 Å². The molecular weight excluding hydrogens is 240 g/mol. The topological polar surface area (TPSA) is 55.6 Å². The van der Waals surface area contributed by atoms with E-state index in [9.17, 15) is 4.79 Å². The first-order chi connectivity index (χ1) is 8.04. The molecule has 0 aliphatic heterocycles. The molecule has 4 nitrogen and oxygen atoms in total. The van der Waals surface area contributed by atoms with Crippen LogP contribution in [0, 0.1) is 0 Å². The van der Waals surface area contributed by atoms with Gasteiger partial charge < -0.3 is 15.4 Å². The molecule has 0 aliphatic rings. The smallest absolute Gasteiger partial charge is 0.314 e. The highest BCUT2D eigenvalue weighted by molar-refractivity contribution is 6.32. The fraction of sp³-hybridized carbons (Fsp3) is 0.417. The van der Waals surface area contributed by atoms with Gasteiger partial charge in [-0.2, -0.15) is 0 Å². The first kappa shape index (κ1) is 13.6. The van der Waals surface area contributed by atoms with Crippen LogP contribution in [-0.2, 0) is 6.42 Å². The average molecular weight is 257 g/mol. The van der Waals surface area contributed by atoms with Gasteiger partial charge in [0.05, 0.1) is 11.6 Å². The van der Waals surface area contributed by atoms with Crippen LogP contribution in [0.1, 0.15) is 12.5 Å². The van der Waals surface area contributed by atoms with Crippen LogP contribution in [0.4, 0.5) is 4.79 Å². The standard InChI is InChI=1S/C12H17ClN2O2/c1-3-17-11-5-4-9(8-10(11)13)6-7-15(2)12(14)16/h4-5,8H,3,6-7H2,1-2H3,(H2,14,16). The van der Waals surface area contributed by atoms with Gasteiger partial charge in [-0.3, -0.25) is 0 Å². The van der Waals surface area contributed by atoms with Crippen LogP contribution in [-0.4, -0.2) is 31.1 Å². The first-order valence-corrected chi connectivity index (χ1v) is 5.84. The van der Waals surface area contributed by atoms with Crippen LogP contribution in [0.5, 0.6) is 5.75 Å². The van der Waals surface area contributed by atoms with Crippen molar-refractivity contribution < 1.29 is 9.53 Å². The van der Waals surface area contributed by atoms with Gasteiger partial charge in [0.15, 0.2) is 0 Å². The lowest BCUT2D eigenvalue weighted by Crippen LogP contribution is -2.33. The number of halogens is 1. The van der Waals surface area contributed by atoms with Gasteiger partial charge in [0, 0.05) is 13.6 Å². The van der Waals surface area contributed by atoms with Crippen LogP contribution in [0.25, 0.3) is 0 Å². The van der Waals surface area contributed by atoms with Gasteiger partial charge >= 0.3 is 6.03 Å². The molecule has 0 spiro atoms. The SMILES string of the molecule is CCOc1ccc(CCN(C)C(N)=O)cc1Cl. The van der Waals surface area contributed by atoms with Crippen molar-refractivity contribution in [3.63, 3.8) is 0 Å². The fourth-order valence-corrected chi connectivity index (χ4v) is 1.64. The van der Waals surface area contributed by atoms with Gasteiger partial charge in [0.25, 0.3) is 0 Å². The molecule has 0 aliphatic carbocycles. The highest BCUT2D eigenvalue weighted by Crippen LogP contribution is 2.25. The van der Waals surface area contributed by atoms with E-state index in [2.05, 4.69) is 0 Å². The van der Waals surface area contributed by atoms with E-state index in [0.29, 0.717) is 30.3 Å². The molecule has 0 atom stereocenters. The summed E-state index contributed by atoms with van der Waals surface area (Å²) in [4.78, 5) is 12.3. The summed E-state index contributed by atoms with van der Waals surface area (Å²) in [6, 6.07) is 5.19. The lowest BCUT2D eigenvalue weighted by atomic mass is 10.1. The number of nitrogens with zero attached hydrogens (tertiary/aromatic N) is 1. The third kappa shape index (κ3) is 4.15. The van der Waals surface area contributed by atoms with E-state index in [1.165, 1.54) is 4.90 Å². The summed E-state index contributed by atoms with van der Waals surface area (Å²) in [5.74, 6) is 0.682. The van der Waals surface area contributed by atoms with E-state index >= 15 is 0 Å². The van der Waals surface area contributed by atoms with Crippen molar-refractivity contribution in [2.45, 2.75) is 13.3 Å². The van der Waals surface area contributed by atoms with Crippen molar-refractivity contribution >= 4 is 17.6 Å². The normalized spacial score (nSPS) is 10.1. The number of nitrogens with two attached hydrogens (primary N) is 1. The maximum absolute atomic E-state index is 10.8. The molecular formula is C12H17ClN2O2. The maximum Gasteiger partial charge on any atom is 0.314 e. The zero-order chi connectivity index (χ0) is 12.8. The zero-order valence-electron chi connectivity index (χ0n) is 10.1. The number of ether oxygens (including phenoxy) is 1. The molecule has 94 valence electrons. The van der Waals surface area contributed by atoms with Gasteiger partial charge in [-0.1, -0.05) is 17.7 Å². The monoisotopic (exact) mass is 256 g/mol. The van der Waals surface area contributed by atoms with Crippen molar-refractivity contribution in [2.75, 3.05) is 20.2 Å². The second-order valence-electron chi connectivity index (χ2n) is 3.71. The molecule has 0 fully saturated rings. The lowest BCUT2D eigenvalue weighted by molar-refractivity contribution is 0.219. The van der Waals surface area contributed by atoms with Gasteiger partial charge in [0.1, 0.15) is 5.75 Å². The largest absolute Gasteiger partial charge is 0.492 e. The number of benzene rings is 1. The number of amides is 2. The third-order valence-electron chi connectivity index (χ3n) is 2.41. The summed E-state index contributed by atoms with van der Waals surface area (Å²) in [6.45, 7) is 3.06. The van der Waals surface area contributed by atoms with Crippen molar-refractivity contribution in [2.24, 2.45) is 5.73 Å². The molecule has 17 heavy (non-hydrogen) atoms. The van der Waals surface area contributed by atoms with E-state index in [0.717, 1.165) is 5.56 Å². The number of primary amides is 1. The molecule has 2 amide bonds. The summed E-state index contributed by atoms with van der Waals surface area (Å²) in [6.07, 6.45) is 0.714. The molecule has 0 bridgehead atoms. The summed E-state index contributed by atoms with van der Waals surface area (Å²) in [7, 11) is 1.67. The number of carbonyl (C=O) groups excluding carboxylic acids is 1. The van der Waals surface area contributed by atoms with E-state index in [4.69, 9.17) is 22.1 Å². The summed E-state index contributed by atoms with van der Waals surface area (Å²) >= 11 is 6.06. The van der Waals surface area contributed by atoms with Gasteiger partial charge in [-0.25, -0.2) is 4.79 Å². The van der Waals surface area contributed by atoms with Crippen molar-refractivity contribution in [3.05, 3.63) is 28.8 Å². The Bertz CT molecular complexity index is 396. The zero-order valence-corrected chi connectivity index (χ0v) is 10.8. The van der Waals surface area contributed by atoms with Crippen molar-refractivity contribution in [1.29, 1.82) is 0 Å². The molecule has 1 rings (SSSR count). The molecule has 0 saturated carbocycles. The fourth-order valence-electron chi connectivity index (χ4n) is 1.38. The predicted molar refractivity (Wildman–Crippen MR) is 68.5 cm³/mol. The van der Waals surface area contributed by atoms with Crippen LogP contribution in [0.3, 0.4) is 0 Å². The van der Waals surface area contributed by atoms with Crippen LogP contribution < -0.4 is 10.5 Å². The average Bonchev–Trinajstić information content (AvgIpc) is 2.29. The second kappa shape index (κ2) is 6.35. The number of hydrogen-bond acceptors (Lipinski definition) is 2. The Hall–Kier alpha value is -1.42. The molecule has 0 aromatic heterocycles. The molecule has 0 saturated heterocycles. The van der Waals surface area contributed by atoms with Gasteiger partial charge in [-0.15, -0.1) is 0 Å². The molecule has 2 N–H and O–H groups in total. The number of rotatable bonds is 5. The number of carbonyl (C=O) groups is 1. The molecule has 0 unspecified atom stereocenters. The summed E-state index contributed by atoms with van der Waals surface area (Å²) < 4.78 is 5.34. The quantitative estimate of drug-likeness (QED) is 0.879. The summed E-state index contributed by atoms with van der Waals surface area (Å²) in [5.41, 5.74) is 6.18. The van der Waals surface area contributed by atoms with E-state index in [1.54, 1.807) is 7.05 Å². The van der Waals surface area contributed by atoms with E-state index in [-0.39, 0.29) is 0 Å². The Morgan fingerprint density at radius 1 is 1.53 bits per heavy atom. The Balaban J connectivity index is 2.61. The molecule has 0 heterocycles. The van der Waals surface area contributed by atoms with Crippen molar-refractivity contribution in [3.8, 4) is 5.75 Å². The van der Waals surface area contributed by atoms with Gasteiger partial charge in [0.2, 0.25) is 0 Å². The highest BCUT2D eigenvalue weighted by atomic mass is 35.5. The predicted octanol–water partition coefficient (Wildman–Crippen LogP) is 2.29. The number of likely N-dealkylation sites (N-methyl/N-ethyl adjacent to an activating group) is 1. The minimum atomic E-state index is -0.429. The minimum absolute atomic E-state index is 0.429.